The van der Waals surface area contributed by atoms with E-state index in [0.29, 0.717) is 11.3 Å². The lowest BCUT2D eigenvalue weighted by Gasteiger charge is -2.11. The highest BCUT2D eigenvalue weighted by Crippen LogP contribution is 2.21. The number of amides is 2. The minimum absolute atomic E-state index is 0.0389. The van der Waals surface area contributed by atoms with E-state index in [4.69, 9.17) is 4.74 Å². The Morgan fingerprint density at radius 1 is 1.12 bits per heavy atom. The zero-order valence-electron chi connectivity index (χ0n) is 18.3. The molecule has 3 aromatic rings. The molecule has 8 nitrogen and oxygen atoms in total. The number of aromatic amines is 1. The highest BCUT2D eigenvalue weighted by Gasteiger charge is 2.16. The summed E-state index contributed by atoms with van der Waals surface area (Å²) in [5, 5.41) is 8.99. The summed E-state index contributed by atoms with van der Waals surface area (Å²) in [4.78, 5) is 37.7. The molecule has 0 saturated carbocycles. The Balaban J connectivity index is 1.72. The SMILES string of the molecule is CN(C)C(=O)CCOC(=O)Nc1cccc(Cc2n[nH]cc(-c3cc(F)c(F)c(F)c3)c2=O)c1. The first kappa shape index (κ1) is 24.5. The van der Waals surface area contributed by atoms with Crippen molar-refractivity contribution in [1.82, 2.24) is 15.1 Å². The lowest BCUT2D eigenvalue weighted by atomic mass is 10.0. The minimum Gasteiger partial charge on any atom is -0.449 e. The Morgan fingerprint density at radius 3 is 2.50 bits per heavy atom. The van der Waals surface area contributed by atoms with Gasteiger partial charge in [-0.3, -0.25) is 20.0 Å². The van der Waals surface area contributed by atoms with Crippen LogP contribution in [0.1, 0.15) is 17.7 Å². The van der Waals surface area contributed by atoms with Crippen LogP contribution in [-0.2, 0) is 16.0 Å². The van der Waals surface area contributed by atoms with Gasteiger partial charge in [0.25, 0.3) is 0 Å². The smallest absolute Gasteiger partial charge is 0.411 e. The number of benzene rings is 2. The molecule has 0 aliphatic carbocycles. The summed E-state index contributed by atoms with van der Waals surface area (Å²) in [6.07, 6.45) is 0.513. The van der Waals surface area contributed by atoms with Crippen LogP contribution in [0, 0.1) is 17.5 Å². The van der Waals surface area contributed by atoms with Crippen molar-refractivity contribution < 1.29 is 27.5 Å². The predicted octanol–water partition coefficient (Wildman–Crippen LogP) is 3.47. The molecule has 34 heavy (non-hydrogen) atoms. The Morgan fingerprint density at radius 2 is 1.82 bits per heavy atom. The number of nitrogens with zero attached hydrogens (tertiary/aromatic N) is 2. The maximum atomic E-state index is 13.6. The van der Waals surface area contributed by atoms with Crippen molar-refractivity contribution in [2.45, 2.75) is 12.8 Å². The first-order valence-electron chi connectivity index (χ1n) is 10.1. The van der Waals surface area contributed by atoms with Crippen LogP contribution in [0.25, 0.3) is 11.1 Å². The second-order valence-electron chi connectivity index (χ2n) is 7.50. The van der Waals surface area contributed by atoms with Crippen LogP contribution in [0.15, 0.2) is 47.4 Å². The number of carbonyl (C=O) groups excluding carboxylic acids is 2. The first-order valence-corrected chi connectivity index (χ1v) is 10.1. The van der Waals surface area contributed by atoms with Gasteiger partial charge in [-0.25, -0.2) is 18.0 Å². The Kier molecular flexibility index (Phi) is 7.67. The van der Waals surface area contributed by atoms with E-state index in [-0.39, 0.29) is 42.2 Å². The van der Waals surface area contributed by atoms with Gasteiger partial charge in [-0.2, -0.15) is 5.10 Å². The fourth-order valence-electron chi connectivity index (χ4n) is 3.05. The molecule has 1 aromatic heterocycles. The third-order valence-corrected chi connectivity index (χ3v) is 4.80. The lowest BCUT2D eigenvalue weighted by molar-refractivity contribution is -0.129. The van der Waals surface area contributed by atoms with Crippen LogP contribution in [0.5, 0.6) is 0 Å². The summed E-state index contributed by atoms with van der Waals surface area (Å²) < 4.78 is 45.4. The fourth-order valence-corrected chi connectivity index (χ4v) is 3.05. The number of ether oxygens (including phenoxy) is 1. The van der Waals surface area contributed by atoms with Crippen LogP contribution in [0.3, 0.4) is 0 Å². The Hall–Kier alpha value is -4.15. The van der Waals surface area contributed by atoms with E-state index in [1.807, 2.05) is 0 Å². The van der Waals surface area contributed by atoms with E-state index in [1.54, 1.807) is 38.4 Å². The van der Waals surface area contributed by atoms with Crippen molar-refractivity contribution in [3.05, 3.63) is 81.5 Å². The van der Waals surface area contributed by atoms with Gasteiger partial charge in [-0.05, 0) is 35.4 Å². The zero-order valence-corrected chi connectivity index (χ0v) is 18.3. The largest absolute Gasteiger partial charge is 0.449 e. The van der Waals surface area contributed by atoms with Crippen LogP contribution < -0.4 is 10.7 Å². The lowest BCUT2D eigenvalue weighted by Crippen LogP contribution is -2.24. The Labute approximate surface area is 192 Å². The molecule has 0 radical (unpaired) electrons. The fraction of sp³-hybridized carbons (Fsp3) is 0.217. The molecule has 0 aliphatic rings. The van der Waals surface area contributed by atoms with E-state index in [0.717, 1.165) is 12.1 Å². The van der Waals surface area contributed by atoms with Crippen LogP contribution >= 0.6 is 0 Å². The summed E-state index contributed by atoms with van der Waals surface area (Å²) in [6.45, 7) is -0.0841. The topological polar surface area (TPSA) is 104 Å². The van der Waals surface area contributed by atoms with E-state index in [9.17, 15) is 27.6 Å². The molecule has 2 N–H and O–H groups in total. The normalized spacial score (nSPS) is 10.6. The van der Waals surface area contributed by atoms with Crippen molar-refractivity contribution in [2.24, 2.45) is 0 Å². The van der Waals surface area contributed by atoms with Gasteiger partial charge in [0.05, 0.1) is 6.42 Å². The van der Waals surface area contributed by atoms with Crippen LogP contribution in [-0.4, -0.2) is 47.8 Å². The molecule has 0 fully saturated rings. The first-order chi connectivity index (χ1) is 16.2. The number of H-pyrrole nitrogens is 1. The summed E-state index contributed by atoms with van der Waals surface area (Å²) >= 11 is 0. The molecule has 3 rings (SSSR count). The number of anilines is 1. The van der Waals surface area contributed by atoms with Crippen molar-refractivity contribution in [2.75, 3.05) is 26.0 Å². The predicted molar refractivity (Wildman–Crippen MR) is 118 cm³/mol. The highest BCUT2D eigenvalue weighted by molar-refractivity contribution is 5.85. The number of rotatable bonds is 7. The molecule has 1 heterocycles. The molecular formula is C23H21F3N4O4. The minimum atomic E-state index is -1.62. The van der Waals surface area contributed by atoms with Gasteiger partial charge < -0.3 is 9.64 Å². The molecule has 0 saturated heterocycles. The average Bonchev–Trinajstić information content (AvgIpc) is 2.78. The van der Waals surface area contributed by atoms with E-state index in [1.165, 1.54) is 11.1 Å². The summed E-state index contributed by atoms with van der Waals surface area (Å²) in [6, 6.07) is 8.00. The summed E-state index contributed by atoms with van der Waals surface area (Å²) in [5.41, 5.74) is 0.237. The van der Waals surface area contributed by atoms with E-state index in [2.05, 4.69) is 15.5 Å². The maximum absolute atomic E-state index is 13.6. The maximum Gasteiger partial charge on any atom is 0.411 e. The van der Waals surface area contributed by atoms with E-state index >= 15 is 0 Å². The van der Waals surface area contributed by atoms with Crippen molar-refractivity contribution >= 4 is 17.7 Å². The molecule has 0 unspecified atom stereocenters. The zero-order chi connectivity index (χ0) is 24.8. The number of carbonyl (C=O) groups is 2. The third kappa shape index (κ3) is 6.00. The molecule has 178 valence electrons. The molecule has 2 aromatic carbocycles. The number of aromatic nitrogens is 2. The van der Waals surface area contributed by atoms with Crippen LogP contribution in [0.4, 0.5) is 23.7 Å². The number of nitrogens with one attached hydrogen (secondary N) is 2. The molecule has 0 atom stereocenters. The molecule has 0 spiro atoms. The number of hydrogen-bond acceptors (Lipinski definition) is 5. The molecular weight excluding hydrogens is 453 g/mol. The van der Waals surface area contributed by atoms with Gasteiger partial charge in [0.1, 0.15) is 12.3 Å². The quantitative estimate of drug-likeness (QED) is 0.511. The van der Waals surface area contributed by atoms with E-state index < -0.39 is 29.0 Å². The standard InChI is InChI=1S/C23H21F3N4O4/c1-30(2)20(31)6-7-34-23(33)28-15-5-3-4-13(8-15)9-19-22(32)16(12-27-29-19)14-10-17(24)21(26)18(25)11-14/h3-5,8,10-12H,6-7,9H2,1-2H3,(H,27,32)(H,28,33). The third-order valence-electron chi connectivity index (χ3n) is 4.80. The highest BCUT2D eigenvalue weighted by atomic mass is 19.2. The van der Waals surface area contributed by atoms with Gasteiger partial charge in [0, 0.05) is 38.0 Å². The molecule has 0 bridgehead atoms. The second kappa shape index (κ2) is 10.6. The van der Waals surface area contributed by atoms with Crippen LogP contribution in [0.2, 0.25) is 0 Å². The van der Waals surface area contributed by atoms with Gasteiger partial charge in [-0.1, -0.05) is 12.1 Å². The van der Waals surface area contributed by atoms with Crippen molar-refractivity contribution in [3.63, 3.8) is 0 Å². The van der Waals surface area contributed by atoms with Gasteiger partial charge >= 0.3 is 6.09 Å². The molecule has 11 heteroatoms. The second-order valence-corrected chi connectivity index (χ2v) is 7.50. The number of halogens is 3. The monoisotopic (exact) mass is 474 g/mol. The van der Waals surface area contributed by atoms with Crippen molar-refractivity contribution in [1.29, 1.82) is 0 Å². The Bertz CT molecular complexity index is 1250. The average molecular weight is 474 g/mol. The van der Waals surface area contributed by atoms with Crippen molar-refractivity contribution in [3.8, 4) is 11.1 Å². The van der Waals surface area contributed by atoms with Gasteiger partial charge in [-0.15, -0.1) is 0 Å². The summed E-state index contributed by atoms with van der Waals surface area (Å²) in [5.74, 6) is -4.63. The molecule has 0 aliphatic heterocycles. The van der Waals surface area contributed by atoms with Gasteiger partial charge in [0.15, 0.2) is 17.5 Å². The number of hydrogen-bond donors (Lipinski definition) is 2. The summed E-state index contributed by atoms with van der Waals surface area (Å²) in [7, 11) is 3.19. The van der Waals surface area contributed by atoms with Gasteiger partial charge in [0.2, 0.25) is 11.3 Å². The molecule has 2 amide bonds.